The zero-order valence-electron chi connectivity index (χ0n) is 8.86. The molecule has 2 atom stereocenters. The van der Waals surface area contributed by atoms with Gasteiger partial charge in [-0.05, 0) is 13.3 Å². The molecule has 1 aromatic heterocycles. The molecule has 0 aliphatic carbocycles. The van der Waals surface area contributed by atoms with E-state index >= 15 is 0 Å². The Morgan fingerprint density at radius 2 is 2.36 bits per heavy atom. The number of nitrogens with zero attached hydrogens (tertiary/aromatic N) is 1. The molecule has 0 saturated carbocycles. The minimum atomic E-state index is -0.452. The van der Waals surface area contributed by atoms with Crippen molar-refractivity contribution in [2.75, 3.05) is 7.11 Å². The number of thiazole rings is 1. The zero-order chi connectivity index (χ0) is 10.6. The van der Waals surface area contributed by atoms with E-state index in [0.29, 0.717) is 6.42 Å². The van der Waals surface area contributed by atoms with Gasteiger partial charge in [0.15, 0.2) is 0 Å². The predicted molar refractivity (Wildman–Crippen MR) is 57.6 cm³/mol. The van der Waals surface area contributed by atoms with Crippen LogP contribution in [0, 0.1) is 6.92 Å². The maximum Gasteiger partial charge on any atom is 0.0897 e. The highest BCUT2D eigenvalue weighted by Crippen LogP contribution is 2.13. The van der Waals surface area contributed by atoms with Gasteiger partial charge in [0.1, 0.15) is 0 Å². The Hall–Kier alpha value is -0.450. The van der Waals surface area contributed by atoms with Crippen molar-refractivity contribution in [3.05, 3.63) is 16.1 Å². The summed E-state index contributed by atoms with van der Waals surface area (Å²) in [7, 11) is 1.63. The quantitative estimate of drug-likeness (QED) is 0.814. The second-order valence-electron chi connectivity index (χ2n) is 3.31. The van der Waals surface area contributed by atoms with Crippen LogP contribution in [0.15, 0.2) is 5.38 Å². The van der Waals surface area contributed by atoms with E-state index in [4.69, 9.17) is 4.74 Å². The first-order valence-corrected chi connectivity index (χ1v) is 5.67. The van der Waals surface area contributed by atoms with Crippen LogP contribution in [0.3, 0.4) is 0 Å². The molecule has 14 heavy (non-hydrogen) atoms. The highest BCUT2D eigenvalue weighted by atomic mass is 32.1. The number of aliphatic hydroxyl groups is 1. The molecular formula is C10H17NO2S. The van der Waals surface area contributed by atoms with Crippen LogP contribution in [0.1, 0.15) is 24.0 Å². The van der Waals surface area contributed by atoms with E-state index in [1.165, 1.54) is 0 Å². The predicted octanol–water partition coefficient (Wildman–Crippen LogP) is 1.78. The van der Waals surface area contributed by atoms with Crippen LogP contribution in [0.25, 0.3) is 0 Å². The van der Waals surface area contributed by atoms with Gasteiger partial charge in [-0.15, -0.1) is 11.3 Å². The topological polar surface area (TPSA) is 42.4 Å². The van der Waals surface area contributed by atoms with Gasteiger partial charge in [0.25, 0.3) is 0 Å². The number of ether oxygens (including phenoxy) is 1. The lowest BCUT2D eigenvalue weighted by atomic mass is 10.1. The maximum atomic E-state index is 9.81. The molecule has 0 aliphatic heterocycles. The van der Waals surface area contributed by atoms with Gasteiger partial charge in [-0.25, -0.2) is 4.98 Å². The van der Waals surface area contributed by atoms with Crippen molar-refractivity contribution < 1.29 is 9.84 Å². The third-order valence-electron chi connectivity index (χ3n) is 2.22. The van der Waals surface area contributed by atoms with Crippen molar-refractivity contribution in [1.29, 1.82) is 0 Å². The summed E-state index contributed by atoms with van der Waals surface area (Å²) in [5.74, 6) is 0. The first-order valence-electron chi connectivity index (χ1n) is 4.79. The van der Waals surface area contributed by atoms with Crippen molar-refractivity contribution in [3.8, 4) is 0 Å². The molecule has 1 rings (SSSR count). The van der Waals surface area contributed by atoms with E-state index in [9.17, 15) is 5.11 Å². The molecule has 0 saturated heterocycles. The summed E-state index contributed by atoms with van der Waals surface area (Å²) in [6.07, 6.45) is 0.862. The third kappa shape index (κ3) is 3.04. The monoisotopic (exact) mass is 215 g/mol. The molecule has 0 spiro atoms. The van der Waals surface area contributed by atoms with Crippen molar-refractivity contribution in [2.45, 2.75) is 38.9 Å². The van der Waals surface area contributed by atoms with E-state index in [0.717, 1.165) is 17.1 Å². The van der Waals surface area contributed by atoms with Crippen molar-refractivity contribution in [3.63, 3.8) is 0 Å². The molecule has 2 unspecified atom stereocenters. The van der Waals surface area contributed by atoms with Crippen LogP contribution in [0.5, 0.6) is 0 Å². The Balaban J connectivity index is 2.51. The summed E-state index contributed by atoms with van der Waals surface area (Å²) < 4.78 is 5.17. The fourth-order valence-corrected chi connectivity index (χ4v) is 2.07. The Morgan fingerprint density at radius 1 is 1.64 bits per heavy atom. The minimum Gasteiger partial charge on any atom is -0.390 e. The molecule has 1 heterocycles. The standard InChI is InChI=1S/C10H17NO2S/c1-4-10(13-3)9(12)5-8-6-14-7(2)11-8/h6,9-10,12H,4-5H2,1-3H3. The largest absolute Gasteiger partial charge is 0.390 e. The summed E-state index contributed by atoms with van der Waals surface area (Å²) in [5, 5.41) is 12.8. The highest BCUT2D eigenvalue weighted by molar-refractivity contribution is 7.09. The van der Waals surface area contributed by atoms with Crippen LogP contribution in [-0.4, -0.2) is 29.4 Å². The van der Waals surface area contributed by atoms with Gasteiger partial charge in [-0.3, -0.25) is 0 Å². The Bertz CT molecular complexity index is 271. The van der Waals surface area contributed by atoms with Gasteiger partial charge in [0, 0.05) is 18.9 Å². The lowest BCUT2D eigenvalue weighted by Gasteiger charge is -2.18. The highest BCUT2D eigenvalue weighted by Gasteiger charge is 2.17. The average molecular weight is 215 g/mol. The normalized spacial score (nSPS) is 15.4. The molecule has 4 heteroatoms. The van der Waals surface area contributed by atoms with E-state index in [1.54, 1.807) is 18.4 Å². The molecule has 0 bridgehead atoms. The molecule has 0 aromatic carbocycles. The zero-order valence-corrected chi connectivity index (χ0v) is 9.67. The van der Waals surface area contributed by atoms with E-state index < -0.39 is 6.10 Å². The molecule has 1 aromatic rings. The van der Waals surface area contributed by atoms with Gasteiger partial charge in [0.05, 0.1) is 22.9 Å². The van der Waals surface area contributed by atoms with Crippen LogP contribution in [0.2, 0.25) is 0 Å². The number of aromatic nitrogens is 1. The SMILES string of the molecule is CCC(OC)C(O)Cc1csc(C)n1. The van der Waals surface area contributed by atoms with Gasteiger partial charge in [-0.1, -0.05) is 6.92 Å². The van der Waals surface area contributed by atoms with Crippen LogP contribution >= 0.6 is 11.3 Å². The molecule has 0 radical (unpaired) electrons. The summed E-state index contributed by atoms with van der Waals surface area (Å²) in [5.41, 5.74) is 0.954. The second kappa shape index (κ2) is 5.44. The van der Waals surface area contributed by atoms with Crippen LogP contribution in [0.4, 0.5) is 0 Å². The number of hydrogen-bond acceptors (Lipinski definition) is 4. The van der Waals surface area contributed by atoms with E-state index in [-0.39, 0.29) is 6.10 Å². The lowest BCUT2D eigenvalue weighted by Crippen LogP contribution is -2.29. The number of rotatable bonds is 5. The summed E-state index contributed by atoms with van der Waals surface area (Å²) >= 11 is 1.61. The fraction of sp³-hybridized carbons (Fsp3) is 0.700. The molecule has 0 amide bonds. The van der Waals surface area contributed by atoms with Crippen molar-refractivity contribution in [1.82, 2.24) is 4.98 Å². The van der Waals surface area contributed by atoms with Crippen LogP contribution < -0.4 is 0 Å². The number of aryl methyl sites for hydroxylation is 1. The molecule has 0 fully saturated rings. The maximum absolute atomic E-state index is 9.81. The van der Waals surface area contributed by atoms with Crippen LogP contribution in [-0.2, 0) is 11.2 Å². The van der Waals surface area contributed by atoms with Gasteiger partial charge in [0.2, 0.25) is 0 Å². The smallest absolute Gasteiger partial charge is 0.0897 e. The summed E-state index contributed by atoms with van der Waals surface area (Å²) in [6, 6.07) is 0. The fourth-order valence-electron chi connectivity index (χ4n) is 1.44. The minimum absolute atomic E-state index is 0.0861. The lowest BCUT2D eigenvalue weighted by molar-refractivity contribution is -0.0132. The number of methoxy groups -OCH3 is 1. The molecule has 1 N–H and O–H groups in total. The van der Waals surface area contributed by atoms with E-state index in [2.05, 4.69) is 4.98 Å². The Kier molecular flexibility index (Phi) is 4.51. The Labute approximate surface area is 88.8 Å². The van der Waals surface area contributed by atoms with Crippen molar-refractivity contribution >= 4 is 11.3 Å². The first kappa shape index (κ1) is 11.6. The van der Waals surface area contributed by atoms with E-state index in [1.807, 2.05) is 19.2 Å². The molecule has 80 valence electrons. The van der Waals surface area contributed by atoms with Gasteiger partial charge in [-0.2, -0.15) is 0 Å². The number of aliphatic hydroxyl groups excluding tert-OH is 1. The molecule has 0 aliphatic rings. The molecule has 3 nitrogen and oxygen atoms in total. The Morgan fingerprint density at radius 3 is 2.79 bits per heavy atom. The van der Waals surface area contributed by atoms with Gasteiger partial charge < -0.3 is 9.84 Å². The summed E-state index contributed by atoms with van der Waals surface area (Å²) in [6.45, 7) is 3.97. The molecular weight excluding hydrogens is 198 g/mol. The first-order chi connectivity index (χ1) is 6.67. The number of hydrogen-bond donors (Lipinski definition) is 1. The average Bonchev–Trinajstić information content (AvgIpc) is 2.53. The van der Waals surface area contributed by atoms with Crippen molar-refractivity contribution in [2.24, 2.45) is 0 Å². The summed E-state index contributed by atoms with van der Waals surface area (Å²) in [4.78, 5) is 4.30. The second-order valence-corrected chi connectivity index (χ2v) is 4.37. The van der Waals surface area contributed by atoms with Gasteiger partial charge >= 0.3 is 0 Å². The third-order valence-corrected chi connectivity index (χ3v) is 3.04.